The number of benzene rings is 1. The first-order valence-corrected chi connectivity index (χ1v) is 6.82. The van der Waals surface area contributed by atoms with Crippen LogP contribution in [0.4, 0.5) is 11.4 Å². The fourth-order valence-corrected chi connectivity index (χ4v) is 2.88. The topological polar surface area (TPSA) is 53.0 Å². The molecule has 0 unspecified atom stereocenters. The Morgan fingerprint density at radius 1 is 1.33 bits per heavy atom. The molecule has 1 aromatic rings. The van der Waals surface area contributed by atoms with Gasteiger partial charge in [0.1, 0.15) is 0 Å². The van der Waals surface area contributed by atoms with E-state index in [4.69, 9.17) is 11.0 Å². The lowest BCUT2D eigenvalue weighted by atomic mass is 9.93. The summed E-state index contributed by atoms with van der Waals surface area (Å²) in [4.78, 5) is 2.37. The Morgan fingerprint density at radius 3 is 2.67 bits per heavy atom. The van der Waals surface area contributed by atoms with Crippen molar-refractivity contribution in [2.45, 2.75) is 45.1 Å². The van der Waals surface area contributed by atoms with Gasteiger partial charge in [-0.1, -0.05) is 19.3 Å². The summed E-state index contributed by atoms with van der Waals surface area (Å²) in [5.74, 6) is 0. The van der Waals surface area contributed by atoms with E-state index in [2.05, 4.69) is 17.9 Å². The van der Waals surface area contributed by atoms with Crippen LogP contribution in [0.25, 0.3) is 0 Å². The van der Waals surface area contributed by atoms with Gasteiger partial charge < -0.3 is 10.6 Å². The number of nitriles is 1. The molecule has 0 bridgehead atoms. The van der Waals surface area contributed by atoms with E-state index in [1.807, 2.05) is 12.1 Å². The van der Waals surface area contributed by atoms with Crippen molar-refractivity contribution in [1.29, 1.82) is 5.26 Å². The largest absolute Gasteiger partial charge is 0.397 e. The molecule has 0 heterocycles. The van der Waals surface area contributed by atoms with E-state index >= 15 is 0 Å². The molecule has 0 aliphatic heterocycles. The van der Waals surface area contributed by atoms with Crippen LogP contribution in [0, 0.1) is 11.3 Å². The van der Waals surface area contributed by atoms with Crippen LogP contribution in [0.3, 0.4) is 0 Å². The van der Waals surface area contributed by atoms with E-state index in [0.717, 1.165) is 17.9 Å². The second-order valence-corrected chi connectivity index (χ2v) is 4.96. The van der Waals surface area contributed by atoms with Crippen molar-refractivity contribution in [2.75, 3.05) is 17.2 Å². The molecule has 1 saturated carbocycles. The van der Waals surface area contributed by atoms with Crippen molar-refractivity contribution in [2.24, 2.45) is 0 Å². The number of rotatable bonds is 3. The monoisotopic (exact) mass is 243 g/mol. The Balaban J connectivity index is 2.28. The van der Waals surface area contributed by atoms with Crippen LogP contribution in [-0.2, 0) is 0 Å². The predicted octanol–water partition coefficient (Wildman–Crippen LogP) is 3.30. The SMILES string of the molecule is CCN(c1cc(C#N)ccc1N)C1CCCCC1. The zero-order valence-corrected chi connectivity index (χ0v) is 11.0. The van der Waals surface area contributed by atoms with Crippen molar-refractivity contribution < 1.29 is 0 Å². The lowest BCUT2D eigenvalue weighted by Crippen LogP contribution is -2.37. The average Bonchev–Trinajstić information content (AvgIpc) is 2.43. The molecule has 0 saturated heterocycles. The maximum absolute atomic E-state index is 9.01. The molecule has 0 aromatic heterocycles. The van der Waals surface area contributed by atoms with Crippen LogP contribution in [0.2, 0.25) is 0 Å². The van der Waals surface area contributed by atoms with E-state index < -0.39 is 0 Å². The third-order valence-corrected chi connectivity index (χ3v) is 3.83. The molecular weight excluding hydrogens is 222 g/mol. The second-order valence-electron chi connectivity index (χ2n) is 4.96. The van der Waals surface area contributed by atoms with E-state index in [1.165, 1.54) is 32.1 Å². The van der Waals surface area contributed by atoms with E-state index in [9.17, 15) is 0 Å². The van der Waals surface area contributed by atoms with Crippen LogP contribution >= 0.6 is 0 Å². The van der Waals surface area contributed by atoms with Crippen molar-refractivity contribution in [3.8, 4) is 6.07 Å². The zero-order valence-electron chi connectivity index (χ0n) is 11.0. The lowest BCUT2D eigenvalue weighted by molar-refractivity contribution is 0.418. The Morgan fingerprint density at radius 2 is 2.06 bits per heavy atom. The molecule has 1 aromatic carbocycles. The van der Waals surface area contributed by atoms with Gasteiger partial charge in [-0.3, -0.25) is 0 Å². The molecule has 3 heteroatoms. The van der Waals surface area contributed by atoms with Gasteiger partial charge in [-0.2, -0.15) is 5.26 Å². The highest BCUT2D eigenvalue weighted by Crippen LogP contribution is 2.31. The minimum atomic E-state index is 0.583. The number of hydrogen-bond acceptors (Lipinski definition) is 3. The van der Waals surface area contributed by atoms with E-state index in [0.29, 0.717) is 11.6 Å². The van der Waals surface area contributed by atoms with Gasteiger partial charge in [0.25, 0.3) is 0 Å². The third-order valence-electron chi connectivity index (χ3n) is 3.83. The van der Waals surface area contributed by atoms with Crippen molar-refractivity contribution >= 4 is 11.4 Å². The van der Waals surface area contributed by atoms with Crippen LogP contribution in [0.15, 0.2) is 18.2 Å². The number of anilines is 2. The van der Waals surface area contributed by atoms with Gasteiger partial charge in [-0.05, 0) is 38.0 Å². The van der Waals surface area contributed by atoms with Crippen LogP contribution in [-0.4, -0.2) is 12.6 Å². The predicted molar refractivity (Wildman–Crippen MR) is 75.5 cm³/mol. The first kappa shape index (κ1) is 12.8. The summed E-state index contributed by atoms with van der Waals surface area (Å²) in [7, 11) is 0. The van der Waals surface area contributed by atoms with Crippen molar-refractivity contribution in [3.63, 3.8) is 0 Å². The molecule has 96 valence electrons. The number of nitrogens with two attached hydrogens (primary N) is 1. The van der Waals surface area contributed by atoms with Gasteiger partial charge in [0.15, 0.2) is 0 Å². The molecule has 0 atom stereocenters. The Kier molecular flexibility index (Phi) is 4.09. The Labute approximate surface area is 109 Å². The average molecular weight is 243 g/mol. The molecule has 18 heavy (non-hydrogen) atoms. The number of nitrogens with zero attached hydrogens (tertiary/aromatic N) is 2. The summed E-state index contributed by atoms with van der Waals surface area (Å²) < 4.78 is 0. The minimum Gasteiger partial charge on any atom is -0.397 e. The van der Waals surface area contributed by atoms with Gasteiger partial charge in [-0.15, -0.1) is 0 Å². The van der Waals surface area contributed by atoms with Crippen LogP contribution in [0.1, 0.15) is 44.6 Å². The number of hydrogen-bond donors (Lipinski definition) is 1. The summed E-state index contributed by atoms with van der Waals surface area (Å²) in [5.41, 5.74) is 8.57. The molecule has 1 aliphatic carbocycles. The number of nitrogen functional groups attached to an aromatic ring is 1. The zero-order chi connectivity index (χ0) is 13.0. The molecule has 0 amide bonds. The molecule has 0 radical (unpaired) electrons. The molecule has 3 nitrogen and oxygen atoms in total. The summed E-state index contributed by atoms with van der Waals surface area (Å²) in [6.07, 6.45) is 6.44. The first-order chi connectivity index (χ1) is 8.76. The van der Waals surface area contributed by atoms with Crippen LogP contribution < -0.4 is 10.6 Å². The maximum Gasteiger partial charge on any atom is 0.0992 e. The van der Waals surface area contributed by atoms with Gasteiger partial charge in [0.05, 0.1) is 23.0 Å². The summed E-state index contributed by atoms with van der Waals surface area (Å²) in [6.45, 7) is 3.11. The summed E-state index contributed by atoms with van der Waals surface area (Å²) in [5, 5.41) is 9.01. The maximum atomic E-state index is 9.01. The minimum absolute atomic E-state index is 0.583. The highest BCUT2D eigenvalue weighted by molar-refractivity contribution is 5.70. The lowest BCUT2D eigenvalue weighted by Gasteiger charge is -2.36. The van der Waals surface area contributed by atoms with Gasteiger partial charge >= 0.3 is 0 Å². The fraction of sp³-hybridized carbons (Fsp3) is 0.533. The van der Waals surface area contributed by atoms with Crippen molar-refractivity contribution in [3.05, 3.63) is 23.8 Å². The quantitative estimate of drug-likeness (QED) is 0.829. The highest BCUT2D eigenvalue weighted by atomic mass is 15.2. The Bertz CT molecular complexity index is 442. The fourth-order valence-electron chi connectivity index (χ4n) is 2.88. The molecule has 1 aliphatic rings. The van der Waals surface area contributed by atoms with Gasteiger partial charge in [0.2, 0.25) is 0 Å². The van der Waals surface area contributed by atoms with E-state index in [1.54, 1.807) is 6.07 Å². The third kappa shape index (κ3) is 2.59. The Hall–Kier alpha value is -1.69. The van der Waals surface area contributed by atoms with Gasteiger partial charge in [-0.25, -0.2) is 0 Å². The summed E-state index contributed by atoms with van der Waals surface area (Å²) >= 11 is 0. The molecule has 0 spiro atoms. The van der Waals surface area contributed by atoms with Crippen molar-refractivity contribution in [1.82, 2.24) is 0 Å². The summed E-state index contributed by atoms with van der Waals surface area (Å²) in [6, 6.07) is 8.33. The molecular formula is C15H21N3. The molecule has 2 rings (SSSR count). The molecule has 2 N–H and O–H groups in total. The van der Waals surface area contributed by atoms with Crippen LogP contribution in [0.5, 0.6) is 0 Å². The normalized spacial score (nSPS) is 16.2. The smallest absolute Gasteiger partial charge is 0.0992 e. The standard InChI is InChI=1S/C15H21N3/c1-2-18(13-6-4-3-5-7-13)15-10-12(11-16)8-9-14(15)17/h8-10,13H,2-7,17H2,1H3. The molecule has 1 fully saturated rings. The first-order valence-electron chi connectivity index (χ1n) is 6.82. The van der Waals surface area contributed by atoms with Gasteiger partial charge in [0, 0.05) is 12.6 Å². The second kappa shape index (κ2) is 5.77. The highest BCUT2D eigenvalue weighted by Gasteiger charge is 2.21. The van der Waals surface area contributed by atoms with E-state index in [-0.39, 0.29) is 0 Å².